The maximum absolute atomic E-state index is 9.08. The van der Waals surface area contributed by atoms with Crippen LogP contribution < -0.4 is 0 Å². The molecule has 2 unspecified atom stereocenters. The van der Waals surface area contributed by atoms with Crippen molar-refractivity contribution in [3.05, 3.63) is 16.7 Å². The van der Waals surface area contributed by atoms with Gasteiger partial charge in [0.05, 0.1) is 12.3 Å². The van der Waals surface area contributed by atoms with Crippen molar-refractivity contribution >= 4 is 12.2 Å². The van der Waals surface area contributed by atoms with Gasteiger partial charge in [-0.05, 0) is 24.6 Å². The van der Waals surface area contributed by atoms with E-state index in [1.165, 1.54) is 12.8 Å². The Balaban J connectivity index is 2.29. The summed E-state index contributed by atoms with van der Waals surface area (Å²) >= 11 is 5.15. The molecule has 1 aromatic heterocycles. The number of rotatable bonds is 3. The van der Waals surface area contributed by atoms with Crippen LogP contribution in [-0.2, 0) is 6.61 Å². The molecule has 1 saturated carbocycles. The molecule has 72 valence electrons. The van der Waals surface area contributed by atoms with Crippen molar-refractivity contribution in [1.82, 2.24) is 9.55 Å². The number of aromatic nitrogens is 2. The molecule has 0 aromatic carbocycles. The molecule has 0 radical (unpaired) electrons. The number of nitrogens with one attached hydrogen (secondary N) is 1. The molecule has 1 heterocycles. The normalized spacial score (nSPS) is 26.3. The molecule has 1 aliphatic carbocycles. The number of H-pyrrole nitrogens is 1. The minimum absolute atomic E-state index is 0.0695. The summed E-state index contributed by atoms with van der Waals surface area (Å²) in [7, 11) is 0. The third-order valence-electron chi connectivity index (χ3n) is 2.79. The zero-order chi connectivity index (χ0) is 9.42. The van der Waals surface area contributed by atoms with Gasteiger partial charge in [-0.3, -0.25) is 0 Å². The first kappa shape index (κ1) is 8.97. The maximum Gasteiger partial charge on any atom is 0.177 e. The van der Waals surface area contributed by atoms with Gasteiger partial charge in [0, 0.05) is 12.2 Å². The van der Waals surface area contributed by atoms with E-state index < -0.39 is 0 Å². The smallest absolute Gasteiger partial charge is 0.177 e. The Hall–Kier alpha value is -0.610. The van der Waals surface area contributed by atoms with Gasteiger partial charge in [0.15, 0.2) is 4.77 Å². The molecular weight excluding hydrogens is 184 g/mol. The van der Waals surface area contributed by atoms with E-state index >= 15 is 0 Å². The SMILES string of the molecule is CCC1CC1n1c(CO)c[nH]c1=S. The van der Waals surface area contributed by atoms with Crippen LogP contribution in [0.15, 0.2) is 6.20 Å². The standard InChI is InChI=1S/C9H14N2OS/c1-2-6-3-8(6)11-7(5-12)4-10-9(11)13/h4,6,8,12H,2-3,5H2,1H3,(H,10,13). The van der Waals surface area contributed by atoms with Crippen molar-refractivity contribution in [2.45, 2.75) is 32.4 Å². The minimum atomic E-state index is 0.0695. The quantitative estimate of drug-likeness (QED) is 0.729. The Labute approximate surface area is 82.4 Å². The topological polar surface area (TPSA) is 41.0 Å². The van der Waals surface area contributed by atoms with Crippen LogP contribution in [0.2, 0.25) is 0 Å². The Morgan fingerprint density at radius 2 is 2.54 bits per heavy atom. The van der Waals surface area contributed by atoms with Gasteiger partial charge in [0.2, 0.25) is 0 Å². The Morgan fingerprint density at radius 1 is 1.77 bits per heavy atom. The van der Waals surface area contributed by atoms with Gasteiger partial charge in [-0.2, -0.15) is 0 Å². The molecule has 2 rings (SSSR count). The highest BCUT2D eigenvalue weighted by Gasteiger charge is 2.38. The molecule has 1 aliphatic rings. The number of imidazole rings is 1. The molecule has 0 bridgehead atoms. The summed E-state index contributed by atoms with van der Waals surface area (Å²) in [5, 5.41) is 9.08. The number of nitrogens with zero attached hydrogens (tertiary/aromatic N) is 1. The molecule has 2 N–H and O–H groups in total. The van der Waals surface area contributed by atoms with Gasteiger partial charge in [0.1, 0.15) is 0 Å². The van der Waals surface area contributed by atoms with Crippen LogP contribution in [0, 0.1) is 10.7 Å². The van der Waals surface area contributed by atoms with E-state index in [1.807, 2.05) is 0 Å². The summed E-state index contributed by atoms with van der Waals surface area (Å²) in [6.07, 6.45) is 4.20. The summed E-state index contributed by atoms with van der Waals surface area (Å²) in [4.78, 5) is 2.97. The lowest BCUT2D eigenvalue weighted by Crippen LogP contribution is -2.01. The lowest BCUT2D eigenvalue weighted by Gasteiger charge is -2.04. The van der Waals surface area contributed by atoms with Crippen molar-refractivity contribution in [3.63, 3.8) is 0 Å². The summed E-state index contributed by atoms with van der Waals surface area (Å²) < 4.78 is 2.80. The van der Waals surface area contributed by atoms with Crippen LogP contribution in [0.3, 0.4) is 0 Å². The molecule has 0 aliphatic heterocycles. The van der Waals surface area contributed by atoms with E-state index in [-0.39, 0.29) is 6.61 Å². The van der Waals surface area contributed by atoms with Crippen molar-refractivity contribution in [2.75, 3.05) is 0 Å². The first-order valence-corrected chi connectivity index (χ1v) is 5.08. The highest BCUT2D eigenvalue weighted by molar-refractivity contribution is 7.71. The molecular formula is C9H14N2OS. The number of hydrogen-bond acceptors (Lipinski definition) is 2. The zero-order valence-corrected chi connectivity index (χ0v) is 8.47. The first-order chi connectivity index (χ1) is 6.27. The summed E-state index contributed by atoms with van der Waals surface area (Å²) in [6, 6.07) is 0.533. The second-order valence-corrected chi connectivity index (χ2v) is 3.97. The molecule has 0 amide bonds. The summed E-state index contributed by atoms with van der Waals surface area (Å²) in [6.45, 7) is 2.26. The first-order valence-electron chi connectivity index (χ1n) is 4.67. The fourth-order valence-electron chi connectivity index (χ4n) is 1.89. The predicted octanol–water partition coefficient (Wildman–Crippen LogP) is 2.01. The van der Waals surface area contributed by atoms with Crippen LogP contribution in [0.4, 0.5) is 0 Å². The monoisotopic (exact) mass is 198 g/mol. The van der Waals surface area contributed by atoms with Gasteiger partial charge in [-0.25, -0.2) is 0 Å². The van der Waals surface area contributed by atoms with E-state index in [1.54, 1.807) is 6.20 Å². The highest BCUT2D eigenvalue weighted by atomic mass is 32.1. The number of aliphatic hydroxyl groups is 1. The van der Waals surface area contributed by atoms with E-state index in [9.17, 15) is 0 Å². The third-order valence-corrected chi connectivity index (χ3v) is 3.11. The molecule has 1 fully saturated rings. The van der Waals surface area contributed by atoms with Gasteiger partial charge in [0.25, 0.3) is 0 Å². The molecule has 3 nitrogen and oxygen atoms in total. The molecule has 0 spiro atoms. The largest absolute Gasteiger partial charge is 0.390 e. The van der Waals surface area contributed by atoms with Crippen LogP contribution in [-0.4, -0.2) is 14.7 Å². The van der Waals surface area contributed by atoms with Crippen LogP contribution in [0.1, 0.15) is 31.5 Å². The average molecular weight is 198 g/mol. The fraction of sp³-hybridized carbons (Fsp3) is 0.667. The van der Waals surface area contributed by atoms with Crippen LogP contribution >= 0.6 is 12.2 Å². The Morgan fingerprint density at radius 3 is 3.08 bits per heavy atom. The molecule has 13 heavy (non-hydrogen) atoms. The fourth-order valence-corrected chi connectivity index (χ4v) is 2.20. The van der Waals surface area contributed by atoms with E-state index in [2.05, 4.69) is 16.5 Å². The number of hydrogen-bond donors (Lipinski definition) is 2. The molecule has 1 aromatic rings. The second-order valence-electron chi connectivity index (χ2n) is 3.58. The summed E-state index contributed by atoms with van der Waals surface area (Å²) in [5.41, 5.74) is 0.908. The van der Waals surface area contributed by atoms with Gasteiger partial charge >= 0.3 is 0 Å². The lowest BCUT2D eigenvalue weighted by atomic mass is 10.3. The third kappa shape index (κ3) is 1.44. The minimum Gasteiger partial charge on any atom is -0.390 e. The number of aliphatic hydroxyl groups excluding tert-OH is 1. The lowest BCUT2D eigenvalue weighted by molar-refractivity contribution is 0.269. The Bertz CT molecular complexity index is 355. The van der Waals surface area contributed by atoms with Gasteiger partial charge < -0.3 is 14.7 Å². The van der Waals surface area contributed by atoms with E-state index in [0.29, 0.717) is 6.04 Å². The highest BCUT2D eigenvalue weighted by Crippen LogP contribution is 2.46. The van der Waals surface area contributed by atoms with Crippen LogP contribution in [0.5, 0.6) is 0 Å². The maximum atomic E-state index is 9.08. The van der Waals surface area contributed by atoms with E-state index in [4.69, 9.17) is 17.3 Å². The van der Waals surface area contributed by atoms with Gasteiger partial charge in [-0.15, -0.1) is 0 Å². The van der Waals surface area contributed by atoms with Crippen molar-refractivity contribution in [1.29, 1.82) is 0 Å². The van der Waals surface area contributed by atoms with E-state index in [0.717, 1.165) is 16.4 Å². The molecule has 0 saturated heterocycles. The van der Waals surface area contributed by atoms with Crippen LogP contribution in [0.25, 0.3) is 0 Å². The van der Waals surface area contributed by atoms with Crippen molar-refractivity contribution in [2.24, 2.45) is 5.92 Å². The van der Waals surface area contributed by atoms with Crippen molar-refractivity contribution < 1.29 is 5.11 Å². The van der Waals surface area contributed by atoms with Gasteiger partial charge in [-0.1, -0.05) is 13.3 Å². The molecule has 2 atom stereocenters. The number of aromatic amines is 1. The zero-order valence-electron chi connectivity index (χ0n) is 7.66. The Kier molecular flexibility index (Phi) is 2.26. The second kappa shape index (κ2) is 3.27. The molecule has 4 heteroatoms. The summed E-state index contributed by atoms with van der Waals surface area (Å²) in [5.74, 6) is 0.757. The predicted molar refractivity (Wildman–Crippen MR) is 53.0 cm³/mol. The average Bonchev–Trinajstić information content (AvgIpc) is 2.82. The van der Waals surface area contributed by atoms with Crippen molar-refractivity contribution in [3.8, 4) is 0 Å².